The van der Waals surface area contributed by atoms with Crippen molar-refractivity contribution >= 4 is 0 Å². The number of rotatable bonds is 8. The maximum absolute atomic E-state index is 5.76. The summed E-state index contributed by atoms with van der Waals surface area (Å²) in [5, 5.41) is 3.66. The largest absolute Gasteiger partial charge is 0.378 e. The van der Waals surface area contributed by atoms with E-state index in [4.69, 9.17) is 4.74 Å². The molecule has 2 fully saturated rings. The quantitative estimate of drug-likeness (QED) is 0.666. The fraction of sp³-hybridized carbons (Fsp3) is 1.00. The zero-order valence-corrected chi connectivity index (χ0v) is 13.7. The van der Waals surface area contributed by atoms with Gasteiger partial charge in [-0.25, -0.2) is 0 Å². The first kappa shape index (κ1) is 16.3. The average molecular weight is 281 g/mol. The fourth-order valence-electron chi connectivity index (χ4n) is 4.13. The van der Waals surface area contributed by atoms with Crippen LogP contribution >= 0.6 is 0 Å². The molecule has 20 heavy (non-hydrogen) atoms. The molecule has 1 N–H and O–H groups in total. The first-order valence-electron chi connectivity index (χ1n) is 9.12. The Labute approximate surface area is 126 Å². The lowest BCUT2D eigenvalue weighted by molar-refractivity contribution is 0.0961. The second kappa shape index (κ2) is 9.04. The molecule has 0 aromatic carbocycles. The Bertz CT molecular complexity index is 250. The topological polar surface area (TPSA) is 21.3 Å². The minimum atomic E-state index is 0.590. The molecule has 0 bridgehead atoms. The molecule has 1 heterocycles. The molecule has 1 saturated heterocycles. The molecule has 4 unspecified atom stereocenters. The minimum absolute atomic E-state index is 0.590. The monoisotopic (exact) mass is 281 g/mol. The summed E-state index contributed by atoms with van der Waals surface area (Å²) < 4.78 is 5.76. The maximum Gasteiger partial charge on any atom is 0.0576 e. The van der Waals surface area contributed by atoms with Gasteiger partial charge in [-0.15, -0.1) is 0 Å². The van der Waals surface area contributed by atoms with Crippen LogP contribution in [0.15, 0.2) is 0 Å². The van der Waals surface area contributed by atoms with Gasteiger partial charge in [-0.1, -0.05) is 33.1 Å². The molecule has 1 saturated carbocycles. The van der Waals surface area contributed by atoms with Gasteiger partial charge >= 0.3 is 0 Å². The molecule has 0 aromatic rings. The van der Waals surface area contributed by atoms with Gasteiger partial charge < -0.3 is 10.1 Å². The molecule has 0 radical (unpaired) electrons. The molecule has 118 valence electrons. The third-order valence-electron chi connectivity index (χ3n) is 5.36. The van der Waals surface area contributed by atoms with Crippen molar-refractivity contribution in [2.45, 2.75) is 77.7 Å². The molecule has 0 aromatic heterocycles. The van der Waals surface area contributed by atoms with E-state index in [1.54, 1.807) is 0 Å². The maximum atomic E-state index is 5.76. The van der Waals surface area contributed by atoms with Crippen molar-refractivity contribution in [1.29, 1.82) is 0 Å². The van der Waals surface area contributed by atoms with Gasteiger partial charge in [-0.2, -0.15) is 0 Å². The van der Waals surface area contributed by atoms with E-state index < -0.39 is 0 Å². The zero-order valence-electron chi connectivity index (χ0n) is 13.7. The van der Waals surface area contributed by atoms with Gasteiger partial charge in [0.1, 0.15) is 0 Å². The van der Waals surface area contributed by atoms with Gasteiger partial charge in [0.15, 0.2) is 0 Å². The van der Waals surface area contributed by atoms with Gasteiger partial charge in [-0.05, 0) is 69.4 Å². The van der Waals surface area contributed by atoms with Crippen LogP contribution < -0.4 is 5.32 Å². The summed E-state index contributed by atoms with van der Waals surface area (Å²) in [4.78, 5) is 0. The Hall–Kier alpha value is -0.0800. The number of nitrogens with one attached hydrogen (secondary N) is 1. The van der Waals surface area contributed by atoms with Crippen LogP contribution in [-0.4, -0.2) is 25.8 Å². The summed E-state index contributed by atoms with van der Waals surface area (Å²) in [5.74, 6) is 2.84. The van der Waals surface area contributed by atoms with Crippen molar-refractivity contribution in [3.8, 4) is 0 Å². The van der Waals surface area contributed by atoms with Crippen LogP contribution in [0, 0.1) is 17.8 Å². The molecule has 2 heteroatoms. The Kier molecular flexibility index (Phi) is 7.37. The molecule has 1 aliphatic carbocycles. The molecule has 4 atom stereocenters. The highest BCUT2D eigenvalue weighted by Crippen LogP contribution is 2.36. The zero-order chi connectivity index (χ0) is 14.2. The van der Waals surface area contributed by atoms with Crippen LogP contribution in [0.5, 0.6) is 0 Å². The molecule has 2 aliphatic rings. The summed E-state index contributed by atoms with van der Waals surface area (Å²) >= 11 is 0. The molecule has 0 spiro atoms. The SMILES string of the molecule is CCCNCC1CCC(C)CC1CCCC1CCCO1. The summed E-state index contributed by atoms with van der Waals surface area (Å²) in [6.45, 7) is 8.16. The van der Waals surface area contributed by atoms with Gasteiger partial charge in [0.05, 0.1) is 6.10 Å². The van der Waals surface area contributed by atoms with E-state index in [0.29, 0.717) is 6.10 Å². The summed E-state index contributed by atoms with van der Waals surface area (Å²) in [7, 11) is 0. The van der Waals surface area contributed by atoms with Crippen molar-refractivity contribution in [1.82, 2.24) is 5.32 Å². The molecular weight excluding hydrogens is 246 g/mol. The van der Waals surface area contributed by atoms with E-state index in [1.165, 1.54) is 70.9 Å². The fourth-order valence-corrected chi connectivity index (χ4v) is 4.13. The van der Waals surface area contributed by atoms with E-state index in [0.717, 1.165) is 24.4 Å². The lowest BCUT2D eigenvalue weighted by Crippen LogP contribution is -2.33. The highest BCUT2D eigenvalue weighted by molar-refractivity contribution is 4.80. The second-order valence-corrected chi connectivity index (χ2v) is 7.21. The van der Waals surface area contributed by atoms with Crippen LogP contribution in [0.2, 0.25) is 0 Å². The van der Waals surface area contributed by atoms with Crippen molar-refractivity contribution in [3.05, 3.63) is 0 Å². The third-order valence-corrected chi connectivity index (χ3v) is 5.36. The number of hydrogen-bond acceptors (Lipinski definition) is 2. The van der Waals surface area contributed by atoms with Gasteiger partial charge in [-0.3, -0.25) is 0 Å². The molecule has 1 aliphatic heterocycles. The van der Waals surface area contributed by atoms with E-state index >= 15 is 0 Å². The van der Waals surface area contributed by atoms with E-state index in [-0.39, 0.29) is 0 Å². The van der Waals surface area contributed by atoms with Crippen LogP contribution in [0.1, 0.15) is 71.6 Å². The first-order valence-corrected chi connectivity index (χ1v) is 9.12. The van der Waals surface area contributed by atoms with Crippen molar-refractivity contribution in [2.24, 2.45) is 17.8 Å². The lowest BCUT2D eigenvalue weighted by atomic mass is 9.72. The van der Waals surface area contributed by atoms with Gasteiger partial charge in [0.2, 0.25) is 0 Å². The molecule has 0 amide bonds. The predicted octanol–water partition coefficient (Wildman–Crippen LogP) is 4.39. The Morgan fingerprint density at radius 3 is 2.75 bits per heavy atom. The predicted molar refractivity (Wildman–Crippen MR) is 86.0 cm³/mol. The Morgan fingerprint density at radius 2 is 2.00 bits per heavy atom. The highest BCUT2D eigenvalue weighted by atomic mass is 16.5. The van der Waals surface area contributed by atoms with Crippen LogP contribution in [0.3, 0.4) is 0 Å². The van der Waals surface area contributed by atoms with E-state index in [1.807, 2.05) is 0 Å². The lowest BCUT2D eigenvalue weighted by Gasteiger charge is -2.35. The van der Waals surface area contributed by atoms with Gasteiger partial charge in [0.25, 0.3) is 0 Å². The van der Waals surface area contributed by atoms with Crippen molar-refractivity contribution in [3.63, 3.8) is 0 Å². The first-order chi connectivity index (χ1) is 9.79. The summed E-state index contributed by atoms with van der Waals surface area (Å²) in [6, 6.07) is 0. The highest BCUT2D eigenvalue weighted by Gasteiger charge is 2.28. The van der Waals surface area contributed by atoms with Crippen molar-refractivity contribution < 1.29 is 4.74 Å². The standard InChI is InChI=1S/C18H35NO/c1-3-11-19-14-17-10-9-15(2)13-16(17)6-4-7-18-8-5-12-20-18/h15-19H,3-14H2,1-2H3. The third kappa shape index (κ3) is 5.37. The minimum Gasteiger partial charge on any atom is -0.378 e. The Morgan fingerprint density at radius 1 is 1.10 bits per heavy atom. The molecule has 2 nitrogen and oxygen atoms in total. The van der Waals surface area contributed by atoms with Crippen molar-refractivity contribution in [2.75, 3.05) is 19.7 Å². The van der Waals surface area contributed by atoms with Crippen LogP contribution in [0.4, 0.5) is 0 Å². The van der Waals surface area contributed by atoms with E-state index in [9.17, 15) is 0 Å². The van der Waals surface area contributed by atoms with Gasteiger partial charge in [0, 0.05) is 6.61 Å². The molecular formula is C18H35NO. The average Bonchev–Trinajstić information content (AvgIpc) is 2.94. The smallest absolute Gasteiger partial charge is 0.0576 e. The van der Waals surface area contributed by atoms with Crippen LogP contribution in [0.25, 0.3) is 0 Å². The number of hydrogen-bond donors (Lipinski definition) is 1. The summed E-state index contributed by atoms with van der Waals surface area (Å²) in [6.07, 6.45) is 12.9. The normalized spacial score (nSPS) is 34.5. The summed E-state index contributed by atoms with van der Waals surface area (Å²) in [5.41, 5.74) is 0. The van der Waals surface area contributed by atoms with E-state index in [2.05, 4.69) is 19.2 Å². The Balaban J connectivity index is 1.68. The van der Waals surface area contributed by atoms with Crippen LogP contribution in [-0.2, 0) is 4.74 Å². The number of ether oxygens (including phenoxy) is 1. The second-order valence-electron chi connectivity index (χ2n) is 7.21. The molecule has 2 rings (SSSR count).